The van der Waals surface area contributed by atoms with Gasteiger partial charge in [0.1, 0.15) is 0 Å². The fourth-order valence-electron chi connectivity index (χ4n) is 2.54. The summed E-state index contributed by atoms with van der Waals surface area (Å²) in [6.07, 6.45) is 2.46. The van der Waals surface area contributed by atoms with Crippen molar-refractivity contribution in [2.45, 2.75) is 60.4 Å². The maximum atomic E-state index is 2.61. The van der Waals surface area contributed by atoms with Crippen molar-refractivity contribution in [3.63, 3.8) is 0 Å². The molecular formula is C18H31N. The quantitative estimate of drug-likeness (QED) is 0.693. The summed E-state index contributed by atoms with van der Waals surface area (Å²) in [5, 5.41) is 0. The molecule has 0 amide bonds. The molecule has 0 radical (unpaired) electrons. The van der Waals surface area contributed by atoms with Gasteiger partial charge in [0, 0.05) is 12.6 Å². The van der Waals surface area contributed by atoms with Crippen molar-refractivity contribution in [1.82, 2.24) is 4.90 Å². The summed E-state index contributed by atoms with van der Waals surface area (Å²) in [5.74, 6) is 0.794. The van der Waals surface area contributed by atoms with E-state index in [-0.39, 0.29) is 0 Å². The first-order chi connectivity index (χ1) is 8.88. The normalized spacial score (nSPS) is 11.8. The van der Waals surface area contributed by atoms with Crippen LogP contribution in [-0.2, 0) is 6.42 Å². The molecule has 0 atom stereocenters. The summed E-state index contributed by atoms with van der Waals surface area (Å²) in [6, 6.07) is 7.55. The van der Waals surface area contributed by atoms with Crippen LogP contribution in [0.5, 0.6) is 0 Å². The van der Waals surface area contributed by atoms with E-state index in [1.165, 1.54) is 42.6 Å². The highest BCUT2D eigenvalue weighted by atomic mass is 15.1. The Morgan fingerprint density at radius 2 is 1.47 bits per heavy atom. The van der Waals surface area contributed by atoms with Gasteiger partial charge in [-0.3, -0.25) is 0 Å². The van der Waals surface area contributed by atoms with Crippen molar-refractivity contribution < 1.29 is 0 Å². The third kappa shape index (κ3) is 6.24. The molecule has 1 heteroatoms. The van der Waals surface area contributed by atoms with Crippen LogP contribution in [0.4, 0.5) is 0 Å². The lowest BCUT2D eigenvalue weighted by molar-refractivity contribution is 0.212. The molecule has 1 aromatic carbocycles. The zero-order chi connectivity index (χ0) is 14.4. The topological polar surface area (TPSA) is 3.24 Å². The van der Waals surface area contributed by atoms with E-state index in [1.807, 2.05) is 0 Å². The molecule has 1 rings (SSSR count). The Hall–Kier alpha value is -0.820. The van der Waals surface area contributed by atoms with Gasteiger partial charge >= 0.3 is 0 Å². The van der Waals surface area contributed by atoms with Gasteiger partial charge in [0.25, 0.3) is 0 Å². The summed E-state index contributed by atoms with van der Waals surface area (Å²) in [5.41, 5.74) is 4.24. The molecule has 19 heavy (non-hydrogen) atoms. The first-order valence-electron chi connectivity index (χ1n) is 7.69. The minimum absolute atomic E-state index is 0.643. The highest BCUT2D eigenvalue weighted by Gasteiger charge is 2.10. The first-order valence-corrected chi connectivity index (χ1v) is 7.69. The molecule has 0 unspecified atom stereocenters. The molecule has 0 N–H and O–H groups in total. The van der Waals surface area contributed by atoms with Crippen LogP contribution >= 0.6 is 0 Å². The summed E-state index contributed by atoms with van der Waals surface area (Å²) < 4.78 is 0. The fraction of sp³-hybridized carbons (Fsp3) is 0.667. The maximum Gasteiger partial charge on any atom is 0.00387 e. The van der Waals surface area contributed by atoms with Gasteiger partial charge in [0.15, 0.2) is 0 Å². The molecule has 1 nitrogen and oxygen atoms in total. The molecule has 0 aliphatic heterocycles. The minimum atomic E-state index is 0.643. The Morgan fingerprint density at radius 1 is 0.895 bits per heavy atom. The van der Waals surface area contributed by atoms with Crippen LogP contribution in [-0.4, -0.2) is 24.0 Å². The van der Waals surface area contributed by atoms with Crippen molar-refractivity contribution in [3.8, 4) is 0 Å². The number of rotatable bonds is 7. The maximum absolute atomic E-state index is 2.61. The fourth-order valence-corrected chi connectivity index (χ4v) is 2.54. The summed E-state index contributed by atoms with van der Waals surface area (Å²) in [6.45, 7) is 16.0. The Labute approximate surface area is 120 Å². The SMILES string of the molecule is Cc1cc(C)cc(CCN(CCC(C)C)C(C)C)c1. The second-order valence-electron chi connectivity index (χ2n) is 6.56. The number of benzene rings is 1. The van der Waals surface area contributed by atoms with Gasteiger partial charge < -0.3 is 4.90 Å². The van der Waals surface area contributed by atoms with Gasteiger partial charge in [-0.25, -0.2) is 0 Å². The van der Waals surface area contributed by atoms with E-state index in [2.05, 4.69) is 64.6 Å². The van der Waals surface area contributed by atoms with Gasteiger partial charge in [-0.2, -0.15) is 0 Å². The molecule has 0 saturated carbocycles. The Morgan fingerprint density at radius 3 is 1.95 bits per heavy atom. The lowest BCUT2D eigenvalue weighted by Crippen LogP contribution is -2.34. The van der Waals surface area contributed by atoms with Crippen LogP contribution < -0.4 is 0 Å². The minimum Gasteiger partial charge on any atom is -0.301 e. The van der Waals surface area contributed by atoms with Crippen LogP contribution in [0.2, 0.25) is 0 Å². The van der Waals surface area contributed by atoms with Crippen molar-refractivity contribution in [3.05, 3.63) is 34.9 Å². The predicted molar refractivity (Wildman–Crippen MR) is 85.8 cm³/mol. The van der Waals surface area contributed by atoms with Crippen molar-refractivity contribution in [2.75, 3.05) is 13.1 Å². The second kappa shape index (κ2) is 7.69. The van der Waals surface area contributed by atoms with Crippen molar-refractivity contribution in [2.24, 2.45) is 5.92 Å². The molecule has 0 bridgehead atoms. The molecule has 108 valence electrons. The van der Waals surface area contributed by atoms with E-state index in [0.717, 1.165) is 5.92 Å². The van der Waals surface area contributed by atoms with E-state index in [0.29, 0.717) is 6.04 Å². The predicted octanol–water partition coefficient (Wildman–Crippen LogP) is 4.60. The third-order valence-electron chi connectivity index (χ3n) is 3.69. The van der Waals surface area contributed by atoms with Crippen molar-refractivity contribution >= 4 is 0 Å². The van der Waals surface area contributed by atoms with E-state index >= 15 is 0 Å². The standard InChI is InChI=1S/C18H31N/c1-14(2)7-9-19(15(3)4)10-8-18-12-16(5)11-17(6)13-18/h11-15H,7-10H2,1-6H3. The summed E-state index contributed by atoms with van der Waals surface area (Å²) in [4.78, 5) is 2.61. The average molecular weight is 261 g/mol. The molecule has 0 aromatic heterocycles. The molecule has 0 fully saturated rings. The van der Waals surface area contributed by atoms with Gasteiger partial charge in [-0.15, -0.1) is 0 Å². The van der Waals surface area contributed by atoms with Crippen LogP contribution in [0.1, 0.15) is 50.8 Å². The largest absolute Gasteiger partial charge is 0.301 e. The van der Waals surface area contributed by atoms with Crippen molar-refractivity contribution in [1.29, 1.82) is 0 Å². The van der Waals surface area contributed by atoms with Gasteiger partial charge in [0.05, 0.1) is 0 Å². The van der Waals surface area contributed by atoms with Gasteiger partial charge in [0.2, 0.25) is 0 Å². The molecule has 0 saturated heterocycles. The highest BCUT2D eigenvalue weighted by molar-refractivity contribution is 5.28. The lowest BCUT2D eigenvalue weighted by atomic mass is 10.0. The van der Waals surface area contributed by atoms with Gasteiger partial charge in [-0.1, -0.05) is 43.2 Å². The van der Waals surface area contributed by atoms with E-state index in [9.17, 15) is 0 Å². The van der Waals surface area contributed by atoms with Crippen LogP contribution in [0.3, 0.4) is 0 Å². The van der Waals surface area contributed by atoms with Crippen LogP contribution in [0, 0.1) is 19.8 Å². The smallest absolute Gasteiger partial charge is 0.00387 e. The highest BCUT2D eigenvalue weighted by Crippen LogP contribution is 2.12. The van der Waals surface area contributed by atoms with E-state index < -0.39 is 0 Å². The summed E-state index contributed by atoms with van der Waals surface area (Å²) >= 11 is 0. The van der Waals surface area contributed by atoms with Gasteiger partial charge in [-0.05, 0) is 58.6 Å². The van der Waals surface area contributed by atoms with Crippen LogP contribution in [0.25, 0.3) is 0 Å². The molecule has 1 aromatic rings. The van der Waals surface area contributed by atoms with Crippen LogP contribution in [0.15, 0.2) is 18.2 Å². The zero-order valence-corrected chi connectivity index (χ0v) is 13.7. The monoisotopic (exact) mass is 261 g/mol. The number of hydrogen-bond acceptors (Lipinski definition) is 1. The van der Waals surface area contributed by atoms with E-state index in [4.69, 9.17) is 0 Å². The Bertz CT molecular complexity index is 359. The number of hydrogen-bond donors (Lipinski definition) is 0. The lowest BCUT2D eigenvalue weighted by Gasteiger charge is -2.27. The van der Waals surface area contributed by atoms with E-state index in [1.54, 1.807) is 0 Å². The Kier molecular flexibility index (Phi) is 6.57. The Balaban J connectivity index is 2.55. The second-order valence-corrected chi connectivity index (χ2v) is 6.56. The first kappa shape index (κ1) is 16.2. The molecule has 0 spiro atoms. The molecule has 0 heterocycles. The molecule has 0 aliphatic rings. The number of aryl methyl sites for hydroxylation is 2. The molecule has 0 aliphatic carbocycles. The third-order valence-corrected chi connectivity index (χ3v) is 3.69. The zero-order valence-electron chi connectivity index (χ0n) is 13.7. The molecular weight excluding hydrogens is 230 g/mol. The number of nitrogens with zero attached hydrogens (tertiary/aromatic N) is 1. The summed E-state index contributed by atoms with van der Waals surface area (Å²) in [7, 11) is 0. The average Bonchev–Trinajstić information content (AvgIpc) is 2.26.